The van der Waals surface area contributed by atoms with E-state index >= 15 is 0 Å². The lowest BCUT2D eigenvalue weighted by atomic mass is 9.87. The molecule has 1 heterocycles. The Labute approximate surface area is 154 Å². The highest BCUT2D eigenvalue weighted by Gasteiger charge is 2.26. The predicted octanol–water partition coefficient (Wildman–Crippen LogP) is 3.17. The smallest absolute Gasteiger partial charge is 0.251 e. The van der Waals surface area contributed by atoms with E-state index in [1.165, 1.54) is 29.1 Å². The number of fused-ring (bicyclic) bond motifs is 1. The minimum absolute atomic E-state index is 0.0535. The Morgan fingerprint density at radius 1 is 1.20 bits per heavy atom. The molecular weight excluding hydrogens is 334 g/mol. The number of carbonyl (C=O) groups is 2. The van der Waals surface area contributed by atoms with Crippen LogP contribution < -0.4 is 11.1 Å². The molecule has 0 atom stereocenters. The van der Waals surface area contributed by atoms with Gasteiger partial charge in [-0.2, -0.15) is 0 Å². The lowest BCUT2D eigenvalue weighted by Crippen LogP contribution is -2.40. The maximum atomic E-state index is 12.5. The Morgan fingerprint density at radius 3 is 2.56 bits per heavy atom. The van der Waals surface area contributed by atoms with Crippen molar-refractivity contribution in [1.29, 1.82) is 0 Å². The van der Waals surface area contributed by atoms with Crippen molar-refractivity contribution in [3.63, 3.8) is 0 Å². The van der Waals surface area contributed by atoms with Gasteiger partial charge in [-0.1, -0.05) is 6.92 Å². The Balaban J connectivity index is 1.65. The van der Waals surface area contributed by atoms with Crippen LogP contribution in [0.2, 0.25) is 0 Å². The number of hydrogen-bond donors (Lipinski definition) is 2. The highest BCUT2D eigenvalue weighted by atomic mass is 32.1. The Bertz CT molecular complexity index is 647. The number of aryl methyl sites for hydroxylation is 1. The molecule has 1 aromatic heterocycles. The molecule has 0 unspecified atom stereocenters. The van der Waals surface area contributed by atoms with Gasteiger partial charge in [-0.15, -0.1) is 11.3 Å². The fourth-order valence-electron chi connectivity index (χ4n) is 4.12. The normalized spacial score (nSPS) is 23.3. The molecule has 25 heavy (non-hydrogen) atoms. The zero-order valence-corrected chi connectivity index (χ0v) is 16.1. The van der Waals surface area contributed by atoms with Crippen molar-refractivity contribution in [1.82, 2.24) is 4.90 Å². The average Bonchev–Trinajstić information content (AvgIpc) is 2.92. The van der Waals surface area contributed by atoms with E-state index < -0.39 is 5.91 Å². The summed E-state index contributed by atoms with van der Waals surface area (Å²) in [6, 6.07) is 0.481. The van der Waals surface area contributed by atoms with Crippen molar-refractivity contribution in [2.75, 3.05) is 18.9 Å². The van der Waals surface area contributed by atoms with Crippen LogP contribution in [-0.2, 0) is 17.6 Å². The molecule has 5 nitrogen and oxygen atoms in total. The lowest BCUT2D eigenvalue weighted by molar-refractivity contribution is -0.117. The van der Waals surface area contributed by atoms with Crippen molar-refractivity contribution in [3.8, 4) is 0 Å². The average molecular weight is 364 g/mol. The number of hydrogen-bond acceptors (Lipinski definition) is 4. The highest BCUT2D eigenvalue weighted by Crippen LogP contribution is 2.38. The van der Waals surface area contributed by atoms with Crippen molar-refractivity contribution < 1.29 is 9.59 Å². The van der Waals surface area contributed by atoms with E-state index in [1.807, 2.05) is 7.05 Å². The summed E-state index contributed by atoms with van der Waals surface area (Å²) < 4.78 is 0. The van der Waals surface area contributed by atoms with Gasteiger partial charge in [-0.3, -0.25) is 14.5 Å². The standard InChI is InChI=1S/C19H29N3O2S/c1-12-7-9-13(10-8-12)22(2)11-16(23)21-19-17(18(20)24)14-5-3-4-6-15(14)25-19/h12-13H,3-11H2,1-2H3,(H2,20,24)(H,21,23). The van der Waals surface area contributed by atoms with Crippen molar-refractivity contribution in [2.45, 2.75) is 64.3 Å². The van der Waals surface area contributed by atoms with Crippen LogP contribution in [0.1, 0.15) is 66.2 Å². The number of likely N-dealkylation sites (N-methyl/N-ethyl adjacent to an activating group) is 1. The highest BCUT2D eigenvalue weighted by molar-refractivity contribution is 7.17. The summed E-state index contributed by atoms with van der Waals surface area (Å²) in [6.45, 7) is 2.66. The fourth-order valence-corrected chi connectivity index (χ4v) is 5.43. The SMILES string of the molecule is CC1CCC(N(C)CC(=O)Nc2sc3c(c2C(N)=O)CCCC3)CC1. The number of nitrogens with one attached hydrogen (secondary N) is 1. The number of carbonyl (C=O) groups excluding carboxylic acids is 2. The van der Waals surface area contributed by atoms with Crippen LogP contribution in [0.25, 0.3) is 0 Å². The van der Waals surface area contributed by atoms with Crippen LogP contribution in [0.5, 0.6) is 0 Å². The number of primary amides is 1. The molecule has 2 aliphatic rings. The van der Waals surface area contributed by atoms with Crippen LogP contribution in [0.4, 0.5) is 5.00 Å². The molecule has 0 bridgehead atoms. The minimum atomic E-state index is -0.427. The first-order valence-corrected chi connectivity index (χ1v) is 10.2. The largest absolute Gasteiger partial charge is 0.365 e. The second kappa shape index (κ2) is 7.87. The van der Waals surface area contributed by atoms with Gasteiger partial charge in [0.2, 0.25) is 5.91 Å². The molecular formula is C19H29N3O2S. The molecule has 0 radical (unpaired) electrons. The molecule has 1 fully saturated rings. The van der Waals surface area contributed by atoms with Gasteiger partial charge in [-0.05, 0) is 69.9 Å². The summed E-state index contributed by atoms with van der Waals surface area (Å²) in [6.07, 6.45) is 8.88. The third-order valence-corrected chi connectivity index (χ3v) is 6.88. The zero-order chi connectivity index (χ0) is 18.0. The minimum Gasteiger partial charge on any atom is -0.365 e. The number of amides is 2. The van der Waals surface area contributed by atoms with Crippen molar-refractivity contribution in [3.05, 3.63) is 16.0 Å². The van der Waals surface area contributed by atoms with Crippen LogP contribution in [0.15, 0.2) is 0 Å². The molecule has 1 saturated carbocycles. The van der Waals surface area contributed by atoms with E-state index in [4.69, 9.17) is 5.73 Å². The van der Waals surface area contributed by atoms with E-state index in [1.54, 1.807) is 0 Å². The summed E-state index contributed by atoms with van der Waals surface area (Å²) in [4.78, 5) is 27.8. The Morgan fingerprint density at radius 2 is 1.88 bits per heavy atom. The summed E-state index contributed by atoms with van der Waals surface area (Å²) in [7, 11) is 2.02. The molecule has 0 spiro atoms. The maximum absolute atomic E-state index is 12.5. The molecule has 0 aliphatic heterocycles. The fraction of sp³-hybridized carbons (Fsp3) is 0.684. The summed E-state index contributed by atoms with van der Waals surface area (Å²) >= 11 is 1.53. The van der Waals surface area contributed by atoms with Gasteiger partial charge in [0, 0.05) is 10.9 Å². The number of rotatable bonds is 5. The third-order valence-electron chi connectivity index (χ3n) is 5.67. The van der Waals surface area contributed by atoms with Crippen molar-refractivity contribution in [2.24, 2.45) is 11.7 Å². The van der Waals surface area contributed by atoms with Crippen LogP contribution in [0.3, 0.4) is 0 Å². The summed E-state index contributed by atoms with van der Waals surface area (Å²) in [5.41, 5.74) is 7.20. The van der Waals surface area contributed by atoms with E-state index in [0.717, 1.165) is 50.0 Å². The van der Waals surface area contributed by atoms with Gasteiger partial charge < -0.3 is 11.1 Å². The quantitative estimate of drug-likeness (QED) is 0.844. The second-order valence-corrected chi connectivity index (χ2v) is 8.76. The van der Waals surface area contributed by atoms with E-state index in [9.17, 15) is 9.59 Å². The lowest BCUT2D eigenvalue weighted by Gasteiger charge is -2.33. The third kappa shape index (κ3) is 4.23. The first-order chi connectivity index (χ1) is 12.0. The summed E-state index contributed by atoms with van der Waals surface area (Å²) in [5.74, 6) is 0.320. The molecule has 1 aromatic rings. The van der Waals surface area contributed by atoms with Gasteiger partial charge >= 0.3 is 0 Å². The molecule has 2 aliphatic carbocycles. The molecule has 0 saturated heterocycles. The zero-order valence-electron chi connectivity index (χ0n) is 15.3. The van der Waals surface area contributed by atoms with Gasteiger partial charge in [0.25, 0.3) is 5.91 Å². The van der Waals surface area contributed by atoms with Gasteiger partial charge in [-0.25, -0.2) is 0 Å². The summed E-state index contributed by atoms with van der Waals surface area (Å²) in [5, 5.41) is 3.61. The van der Waals surface area contributed by atoms with Crippen LogP contribution in [0, 0.1) is 5.92 Å². The maximum Gasteiger partial charge on any atom is 0.251 e. The van der Waals surface area contributed by atoms with Crippen LogP contribution >= 0.6 is 11.3 Å². The number of nitrogens with two attached hydrogens (primary N) is 1. The Kier molecular flexibility index (Phi) is 5.79. The first kappa shape index (κ1) is 18.4. The molecule has 6 heteroatoms. The number of thiophene rings is 1. The Hall–Kier alpha value is -1.40. The van der Waals surface area contributed by atoms with E-state index in [-0.39, 0.29) is 5.91 Å². The van der Waals surface area contributed by atoms with Gasteiger partial charge in [0.1, 0.15) is 5.00 Å². The van der Waals surface area contributed by atoms with Crippen molar-refractivity contribution >= 4 is 28.2 Å². The van der Waals surface area contributed by atoms with Crippen LogP contribution in [-0.4, -0.2) is 36.3 Å². The molecule has 3 rings (SSSR count). The molecule has 3 N–H and O–H groups in total. The van der Waals surface area contributed by atoms with Gasteiger partial charge in [0.15, 0.2) is 0 Å². The molecule has 2 amide bonds. The monoisotopic (exact) mass is 363 g/mol. The second-order valence-electron chi connectivity index (χ2n) is 7.66. The first-order valence-electron chi connectivity index (χ1n) is 9.40. The molecule has 0 aromatic carbocycles. The van der Waals surface area contributed by atoms with Gasteiger partial charge in [0.05, 0.1) is 12.1 Å². The topological polar surface area (TPSA) is 75.4 Å². The molecule has 138 valence electrons. The number of anilines is 1. The predicted molar refractivity (Wildman–Crippen MR) is 102 cm³/mol. The van der Waals surface area contributed by atoms with E-state index in [2.05, 4.69) is 17.1 Å². The number of nitrogens with zero attached hydrogens (tertiary/aromatic N) is 1. The van der Waals surface area contributed by atoms with E-state index in [0.29, 0.717) is 23.2 Å².